The van der Waals surface area contributed by atoms with Crippen LogP contribution in [0, 0.1) is 12.3 Å². The van der Waals surface area contributed by atoms with Gasteiger partial charge in [0.15, 0.2) is 0 Å². The molecule has 0 aromatic carbocycles. The fraction of sp³-hybridized carbons (Fsp3) is 0.857. The maximum absolute atomic E-state index is 5.51. The molecule has 3 radical (unpaired) electrons. The van der Waals surface area contributed by atoms with Crippen molar-refractivity contribution < 1.29 is 23.3 Å². The minimum atomic E-state index is -0.120. The molecule has 3 heteroatoms. The van der Waals surface area contributed by atoms with E-state index < -0.39 is 0 Å². The summed E-state index contributed by atoms with van der Waals surface area (Å²) in [6.45, 7) is 4.26. The van der Waals surface area contributed by atoms with Gasteiger partial charge < -0.3 is 11.2 Å². The van der Waals surface area contributed by atoms with Gasteiger partial charge in [-0.3, -0.25) is 0 Å². The first-order chi connectivity index (χ1) is 4.24. The number of hydrogen-bond donors (Lipinski definition) is 0. The van der Waals surface area contributed by atoms with Crippen molar-refractivity contribution in [1.29, 1.82) is 0 Å². The van der Waals surface area contributed by atoms with E-state index in [1.807, 2.05) is 6.42 Å². The second kappa shape index (κ2) is 4.48. The fourth-order valence-electron chi connectivity index (χ4n) is 1.26. The van der Waals surface area contributed by atoms with Crippen LogP contribution in [0.4, 0.5) is 0 Å². The molecule has 55 valence electrons. The van der Waals surface area contributed by atoms with Gasteiger partial charge in [0.2, 0.25) is 0 Å². The largest absolute Gasteiger partial charge is 0.418 e. The van der Waals surface area contributed by atoms with E-state index in [1.165, 1.54) is 0 Å². The number of hydrogen-bond acceptors (Lipinski definition) is 1. The summed E-state index contributed by atoms with van der Waals surface area (Å²) in [5.74, 6) is 0.532. The van der Waals surface area contributed by atoms with E-state index in [1.54, 1.807) is 0 Å². The van der Waals surface area contributed by atoms with Gasteiger partial charge >= 0.3 is 0 Å². The monoisotopic (exact) mass is 174 g/mol. The van der Waals surface area contributed by atoms with Crippen molar-refractivity contribution in [2.45, 2.75) is 32.4 Å². The van der Waals surface area contributed by atoms with E-state index in [4.69, 9.17) is 12.6 Å². The Hall–Kier alpha value is 0.609. The maximum Gasteiger partial charge on any atom is 0.0625 e. The van der Waals surface area contributed by atoms with E-state index in [0.29, 0.717) is 12.0 Å². The molecule has 1 saturated heterocycles. The smallest absolute Gasteiger partial charge is 0.0625 e. The molecule has 0 N–H and O–H groups in total. The topological polar surface area (TPSA) is 9.23 Å². The first kappa shape index (κ1) is 10.6. The van der Waals surface area contributed by atoms with Crippen LogP contribution in [0.3, 0.4) is 0 Å². The van der Waals surface area contributed by atoms with Crippen LogP contribution in [0.1, 0.15) is 20.3 Å². The van der Waals surface area contributed by atoms with Crippen LogP contribution in [0.5, 0.6) is 0 Å². The third kappa shape index (κ3) is 2.34. The molecule has 0 aromatic rings. The van der Waals surface area contributed by atoms with Crippen molar-refractivity contribution in [3.05, 3.63) is 6.42 Å². The van der Waals surface area contributed by atoms with Crippen molar-refractivity contribution in [2.24, 2.45) is 5.92 Å². The zero-order valence-electron chi connectivity index (χ0n) is 6.45. The quantitative estimate of drug-likeness (QED) is 0.427. The minimum Gasteiger partial charge on any atom is -0.418 e. The molecule has 3 atom stereocenters. The molecule has 10 heavy (non-hydrogen) atoms. The van der Waals surface area contributed by atoms with Crippen LogP contribution >= 0.6 is 0 Å². The molecule has 1 aliphatic rings. The molecule has 0 amide bonds. The second-order valence-corrected chi connectivity index (χ2v) is 2.60. The molecule has 0 bridgehead atoms. The predicted molar refractivity (Wildman–Crippen MR) is 38.2 cm³/mol. The van der Waals surface area contributed by atoms with Gasteiger partial charge in [-0.2, -0.15) is 0 Å². The molecule has 0 saturated carbocycles. The van der Waals surface area contributed by atoms with Crippen LogP contribution in [0.2, 0.25) is 0 Å². The molecule has 1 rings (SSSR count). The molecule has 1 aliphatic heterocycles. The summed E-state index contributed by atoms with van der Waals surface area (Å²) in [7, 11) is 5.51. The zero-order chi connectivity index (χ0) is 6.85. The van der Waals surface area contributed by atoms with E-state index >= 15 is 0 Å². The van der Waals surface area contributed by atoms with Gasteiger partial charge in [-0.05, 0) is 6.42 Å². The fourth-order valence-corrected chi connectivity index (χ4v) is 1.26. The van der Waals surface area contributed by atoms with Crippen molar-refractivity contribution in [1.82, 2.24) is 0 Å². The van der Waals surface area contributed by atoms with Gasteiger partial charge in [0, 0.05) is 24.7 Å². The Kier molecular flexibility index (Phi) is 4.75. The molecule has 1 heterocycles. The van der Waals surface area contributed by atoms with E-state index in [-0.39, 0.29) is 24.6 Å². The van der Waals surface area contributed by atoms with Gasteiger partial charge in [-0.25, -0.2) is 0 Å². The van der Waals surface area contributed by atoms with E-state index in [9.17, 15) is 0 Å². The van der Waals surface area contributed by atoms with Gasteiger partial charge in [-0.15, -0.1) is 5.92 Å². The Morgan fingerprint density at radius 1 is 1.60 bits per heavy atom. The van der Waals surface area contributed by atoms with Crippen molar-refractivity contribution in [2.75, 3.05) is 0 Å². The van der Waals surface area contributed by atoms with Crippen LogP contribution in [0.15, 0.2) is 0 Å². The first-order valence-corrected chi connectivity index (χ1v) is 3.50. The molecule has 1 nitrogen and oxygen atoms in total. The summed E-state index contributed by atoms with van der Waals surface area (Å²) >= 11 is 0. The minimum absolute atomic E-state index is 0. The Labute approximate surface area is 76.2 Å². The maximum atomic E-state index is 5.51. The van der Waals surface area contributed by atoms with Gasteiger partial charge in [0.25, 0.3) is 0 Å². The summed E-state index contributed by atoms with van der Waals surface area (Å²) in [5, 5.41) is 0. The summed E-state index contributed by atoms with van der Waals surface area (Å²) < 4.78 is 5.34. The third-order valence-electron chi connectivity index (χ3n) is 1.81. The molecule has 0 aliphatic carbocycles. The van der Waals surface area contributed by atoms with Crippen molar-refractivity contribution in [3.63, 3.8) is 0 Å². The van der Waals surface area contributed by atoms with Gasteiger partial charge in [-0.1, -0.05) is 19.9 Å². The normalized spacial score (nSPS) is 39.2. The van der Waals surface area contributed by atoms with Crippen LogP contribution in [-0.2, 0) is 23.3 Å². The SMILES string of the molecule is [B][C@@H]1[CH-]C(C)[C@H](CC)O1.[V]. The molecule has 0 spiro atoms. The molecular formula is C7H12BOV-. The Morgan fingerprint density at radius 2 is 2.20 bits per heavy atom. The molecular weight excluding hydrogens is 162 g/mol. The summed E-state index contributed by atoms with van der Waals surface area (Å²) in [5.41, 5.74) is 0. The first-order valence-electron chi connectivity index (χ1n) is 3.50. The molecule has 1 unspecified atom stereocenters. The van der Waals surface area contributed by atoms with Crippen LogP contribution < -0.4 is 0 Å². The molecule has 0 aromatic heterocycles. The van der Waals surface area contributed by atoms with Crippen LogP contribution in [0.25, 0.3) is 0 Å². The Morgan fingerprint density at radius 3 is 2.40 bits per heavy atom. The summed E-state index contributed by atoms with van der Waals surface area (Å²) in [6, 6.07) is -0.120. The van der Waals surface area contributed by atoms with E-state index in [2.05, 4.69) is 13.8 Å². The second-order valence-electron chi connectivity index (χ2n) is 2.60. The van der Waals surface area contributed by atoms with Crippen LogP contribution in [-0.4, -0.2) is 20.0 Å². The average molecular weight is 174 g/mol. The Bertz CT molecular complexity index is 99.6. The predicted octanol–water partition coefficient (Wildman–Crippen LogP) is 1.13. The average Bonchev–Trinajstić information content (AvgIpc) is 2.10. The van der Waals surface area contributed by atoms with Crippen molar-refractivity contribution >= 4 is 7.85 Å². The number of ether oxygens (including phenoxy) is 1. The summed E-state index contributed by atoms with van der Waals surface area (Å²) in [4.78, 5) is 0. The summed E-state index contributed by atoms with van der Waals surface area (Å²) in [6.07, 6.45) is 3.47. The van der Waals surface area contributed by atoms with Crippen molar-refractivity contribution in [3.8, 4) is 0 Å². The standard InChI is InChI=1S/C7H12BO.V/c1-3-6-5(2)4-7(8)9-6;/h4-7H,3H2,1-2H3;/q-1;/t5?,6-,7-;/m0./s1. The Balaban J connectivity index is 0.000000810. The molecule has 1 fully saturated rings. The van der Waals surface area contributed by atoms with Gasteiger partial charge in [0.1, 0.15) is 0 Å². The van der Waals surface area contributed by atoms with Gasteiger partial charge in [0.05, 0.1) is 7.85 Å². The van der Waals surface area contributed by atoms with E-state index in [0.717, 1.165) is 6.42 Å². The third-order valence-corrected chi connectivity index (χ3v) is 1.81. The number of rotatable bonds is 1. The zero-order valence-corrected chi connectivity index (χ0v) is 7.85.